The maximum absolute atomic E-state index is 12.2. The highest BCUT2D eigenvalue weighted by molar-refractivity contribution is 5.80. The number of hydrogen-bond donors (Lipinski definition) is 1. The number of carbonyl (C=O) groups excluding carboxylic acids is 1. The molecule has 0 radical (unpaired) electrons. The van der Waals surface area contributed by atoms with Gasteiger partial charge in [0.15, 0.2) is 6.10 Å². The summed E-state index contributed by atoms with van der Waals surface area (Å²) in [6.07, 6.45) is 0.103. The Labute approximate surface area is 154 Å². The summed E-state index contributed by atoms with van der Waals surface area (Å²) in [6.45, 7) is 6.56. The second kappa shape index (κ2) is 8.09. The van der Waals surface area contributed by atoms with Crippen LogP contribution in [0.4, 0.5) is 0 Å². The molecule has 4 heteroatoms. The highest BCUT2D eigenvalue weighted by Gasteiger charge is 2.14. The maximum Gasteiger partial charge on any atom is 0.260 e. The minimum absolute atomic E-state index is 0.131. The molecule has 2 aromatic carbocycles. The van der Waals surface area contributed by atoms with Crippen LogP contribution in [0.1, 0.15) is 38.0 Å². The first-order valence-electron chi connectivity index (χ1n) is 9.04. The molecule has 0 bridgehead atoms. The first-order valence-corrected chi connectivity index (χ1v) is 9.04. The highest BCUT2D eigenvalue weighted by atomic mass is 16.5. The van der Waals surface area contributed by atoms with Crippen molar-refractivity contribution in [1.82, 2.24) is 5.32 Å². The van der Waals surface area contributed by atoms with E-state index in [0.717, 1.165) is 16.7 Å². The molecule has 0 saturated carbocycles. The summed E-state index contributed by atoms with van der Waals surface area (Å²) in [5.74, 6) is 1.91. The summed E-state index contributed by atoms with van der Waals surface area (Å²) in [4.78, 5) is 12.2. The van der Waals surface area contributed by atoms with E-state index in [1.807, 2.05) is 54.6 Å². The fourth-order valence-electron chi connectivity index (χ4n) is 2.80. The molecule has 1 heterocycles. The number of rotatable bonds is 7. The first kappa shape index (κ1) is 18.1. The summed E-state index contributed by atoms with van der Waals surface area (Å²) >= 11 is 0. The molecule has 0 aliphatic heterocycles. The third-order valence-electron chi connectivity index (χ3n) is 4.38. The number of furan rings is 1. The molecular formula is C22H25NO3. The molecule has 1 amide bonds. The van der Waals surface area contributed by atoms with E-state index in [2.05, 4.69) is 19.2 Å². The number of para-hydroxylation sites is 1. The van der Waals surface area contributed by atoms with E-state index in [9.17, 15) is 4.79 Å². The molecule has 0 aliphatic carbocycles. The van der Waals surface area contributed by atoms with Gasteiger partial charge in [0.2, 0.25) is 0 Å². The van der Waals surface area contributed by atoms with Crippen LogP contribution in [0.3, 0.4) is 0 Å². The summed E-state index contributed by atoms with van der Waals surface area (Å²) in [5.41, 5.74) is 2.12. The van der Waals surface area contributed by atoms with Crippen LogP contribution in [0.25, 0.3) is 11.0 Å². The topological polar surface area (TPSA) is 51.5 Å². The van der Waals surface area contributed by atoms with E-state index in [-0.39, 0.29) is 5.91 Å². The molecular weight excluding hydrogens is 326 g/mol. The van der Waals surface area contributed by atoms with Crippen LogP contribution in [-0.2, 0) is 11.2 Å². The standard InChI is InChI=1S/C22H25NO3/c1-15(2)17-8-10-19(11-9-17)25-16(3)22(24)23-13-12-20-14-18-6-4-5-7-21(18)26-20/h4-11,14-16H,12-13H2,1-3H3,(H,23,24). The van der Waals surface area contributed by atoms with Crippen LogP contribution in [0.2, 0.25) is 0 Å². The zero-order valence-electron chi connectivity index (χ0n) is 15.5. The first-order chi connectivity index (χ1) is 12.5. The summed E-state index contributed by atoms with van der Waals surface area (Å²) in [6, 6.07) is 17.8. The lowest BCUT2D eigenvalue weighted by atomic mass is 10.0. The number of nitrogens with one attached hydrogen (secondary N) is 1. The Hall–Kier alpha value is -2.75. The SMILES string of the molecule is CC(Oc1ccc(C(C)C)cc1)C(=O)NCCc1cc2ccccc2o1. The lowest BCUT2D eigenvalue weighted by Crippen LogP contribution is -2.37. The number of fused-ring (bicyclic) bond motifs is 1. The Bertz CT molecular complexity index is 831. The van der Waals surface area contributed by atoms with Gasteiger partial charge in [-0.15, -0.1) is 0 Å². The van der Waals surface area contributed by atoms with Crippen molar-refractivity contribution in [1.29, 1.82) is 0 Å². The summed E-state index contributed by atoms with van der Waals surface area (Å²) < 4.78 is 11.5. The molecule has 0 saturated heterocycles. The Morgan fingerprint density at radius 2 is 1.81 bits per heavy atom. The van der Waals surface area contributed by atoms with Crippen molar-refractivity contribution in [2.75, 3.05) is 6.54 Å². The molecule has 136 valence electrons. The smallest absolute Gasteiger partial charge is 0.260 e. The van der Waals surface area contributed by atoms with Crippen LogP contribution in [0.15, 0.2) is 59.0 Å². The zero-order chi connectivity index (χ0) is 18.5. The molecule has 26 heavy (non-hydrogen) atoms. The number of hydrogen-bond acceptors (Lipinski definition) is 3. The molecule has 1 unspecified atom stereocenters. The second-order valence-corrected chi connectivity index (χ2v) is 6.78. The van der Waals surface area contributed by atoms with E-state index in [1.165, 1.54) is 5.56 Å². The molecule has 0 spiro atoms. The second-order valence-electron chi connectivity index (χ2n) is 6.78. The Kier molecular flexibility index (Phi) is 5.61. The van der Waals surface area contributed by atoms with Crippen LogP contribution in [0, 0.1) is 0 Å². The maximum atomic E-state index is 12.2. The number of amides is 1. The van der Waals surface area contributed by atoms with Crippen LogP contribution >= 0.6 is 0 Å². The van der Waals surface area contributed by atoms with E-state index in [1.54, 1.807) is 6.92 Å². The Morgan fingerprint density at radius 3 is 2.50 bits per heavy atom. The quantitative estimate of drug-likeness (QED) is 0.672. The third kappa shape index (κ3) is 4.45. The van der Waals surface area contributed by atoms with Crippen molar-refractivity contribution in [3.8, 4) is 5.75 Å². The highest BCUT2D eigenvalue weighted by Crippen LogP contribution is 2.20. The van der Waals surface area contributed by atoms with Gasteiger partial charge in [0.05, 0.1) is 0 Å². The normalized spacial score (nSPS) is 12.3. The lowest BCUT2D eigenvalue weighted by molar-refractivity contribution is -0.127. The largest absolute Gasteiger partial charge is 0.481 e. The van der Waals surface area contributed by atoms with Gasteiger partial charge >= 0.3 is 0 Å². The Morgan fingerprint density at radius 1 is 1.08 bits per heavy atom. The fourth-order valence-corrected chi connectivity index (χ4v) is 2.80. The van der Waals surface area contributed by atoms with Gasteiger partial charge in [-0.25, -0.2) is 0 Å². The van der Waals surface area contributed by atoms with E-state index < -0.39 is 6.10 Å². The molecule has 3 rings (SSSR count). The van der Waals surface area contributed by atoms with Crippen LogP contribution in [-0.4, -0.2) is 18.6 Å². The lowest BCUT2D eigenvalue weighted by Gasteiger charge is -2.15. The van der Waals surface area contributed by atoms with Gasteiger partial charge in [0.1, 0.15) is 17.1 Å². The van der Waals surface area contributed by atoms with Gasteiger partial charge in [-0.05, 0) is 42.7 Å². The molecule has 0 aliphatic rings. The van der Waals surface area contributed by atoms with E-state index >= 15 is 0 Å². The van der Waals surface area contributed by atoms with Gasteiger partial charge in [0.25, 0.3) is 5.91 Å². The average molecular weight is 351 g/mol. The van der Waals surface area contributed by atoms with Crippen LogP contribution < -0.4 is 10.1 Å². The fraction of sp³-hybridized carbons (Fsp3) is 0.318. The molecule has 4 nitrogen and oxygen atoms in total. The Balaban J connectivity index is 1.47. The number of benzene rings is 2. The molecule has 1 atom stereocenters. The number of ether oxygens (including phenoxy) is 1. The van der Waals surface area contributed by atoms with E-state index in [4.69, 9.17) is 9.15 Å². The predicted octanol–water partition coefficient (Wildman–Crippen LogP) is 4.68. The van der Waals surface area contributed by atoms with Gasteiger partial charge in [-0.1, -0.05) is 44.2 Å². The van der Waals surface area contributed by atoms with Crippen molar-refractivity contribution < 1.29 is 13.9 Å². The van der Waals surface area contributed by atoms with Gasteiger partial charge in [0, 0.05) is 18.4 Å². The van der Waals surface area contributed by atoms with Crippen molar-refractivity contribution in [3.05, 3.63) is 65.9 Å². The van der Waals surface area contributed by atoms with Gasteiger partial charge in [-0.2, -0.15) is 0 Å². The van der Waals surface area contributed by atoms with Gasteiger partial charge < -0.3 is 14.5 Å². The van der Waals surface area contributed by atoms with Gasteiger partial charge in [-0.3, -0.25) is 4.79 Å². The zero-order valence-corrected chi connectivity index (χ0v) is 15.5. The third-order valence-corrected chi connectivity index (χ3v) is 4.38. The minimum atomic E-state index is -0.546. The average Bonchev–Trinajstić information content (AvgIpc) is 3.04. The van der Waals surface area contributed by atoms with Crippen molar-refractivity contribution in [2.24, 2.45) is 0 Å². The predicted molar refractivity (Wildman–Crippen MR) is 104 cm³/mol. The number of carbonyl (C=O) groups is 1. The molecule has 1 aromatic heterocycles. The van der Waals surface area contributed by atoms with E-state index in [0.29, 0.717) is 24.6 Å². The minimum Gasteiger partial charge on any atom is -0.481 e. The van der Waals surface area contributed by atoms with Crippen molar-refractivity contribution in [3.63, 3.8) is 0 Å². The van der Waals surface area contributed by atoms with Crippen molar-refractivity contribution >= 4 is 16.9 Å². The summed E-state index contributed by atoms with van der Waals surface area (Å²) in [5, 5.41) is 3.98. The molecule has 3 aromatic rings. The monoisotopic (exact) mass is 351 g/mol. The van der Waals surface area contributed by atoms with Crippen molar-refractivity contribution in [2.45, 2.75) is 39.2 Å². The molecule has 0 fully saturated rings. The van der Waals surface area contributed by atoms with Crippen LogP contribution in [0.5, 0.6) is 5.75 Å². The molecule has 1 N–H and O–H groups in total. The summed E-state index contributed by atoms with van der Waals surface area (Å²) in [7, 11) is 0.